The molecule has 0 aliphatic carbocycles. The first-order valence-corrected chi connectivity index (χ1v) is 8.07. The molecule has 5 heteroatoms. The summed E-state index contributed by atoms with van der Waals surface area (Å²) in [5, 5.41) is 0. The SMILES string of the molecule is CCCCN(C)C(=O)C1CCN(C(=O)c2cccnc2)CC1. The molecule has 0 radical (unpaired) electrons. The van der Waals surface area contributed by atoms with Gasteiger partial charge in [0.15, 0.2) is 0 Å². The lowest BCUT2D eigenvalue weighted by molar-refractivity contribution is -0.135. The van der Waals surface area contributed by atoms with E-state index in [0.717, 1.165) is 32.2 Å². The summed E-state index contributed by atoms with van der Waals surface area (Å²) in [6.07, 6.45) is 6.89. The third-order valence-corrected chi connectivity index (χ3v) is 4.26. The Balaban J connectivity index is 1.85. The van der Waals surface area contributed by atoms with Gasteiger partial charge in [0.05, 0.1) is 5.56 Å². The van der Waals surface area contributed by atoms with Gasteiger partial charge in [-0.1, -0.05) is 13.3 Å². The lowest BCUT2D eigenvalue weighted by atomic mass is 9.95. The minimum Gasteiger partial charge on any atom is -0.346 e. The molecule has 0 atom stereocenters. The van der Waals surface area contributed by atoms with E-state index in [-0.39, 0.29) is 17.7 Å². The second-order valence-electron chi connectivity index (χ2n) is 5.92. The van der Waals surface area contributed by atoms with Crippen LogP contribution in [0.5, 0.6) is 0 Å². The van der Waals surface area contributed by atoms with Crippen molar-refractivity contribution >= 4 is 11.8 Å². The molecule has 2 rings (SSSR count). The van der Waals surface area contributed by atoms with Crippen LogP contribution in [0, 0.1) is 5.92 Å². The minimum atomic E-state index is 0.0123. The zero-order valence-corrected chi connectivity index (χ0v) is 13.5. The van der Waals surface area contributed by atoms with Crippen molar-refractivity contribution in [2.75, 3.05) is 26.7 Å². The molecule has 2 heterocycles. The molecular formula is C17H25N3O2. The van der Waals surface area contributed by atoms with E-state index in [9.17, 15) is 9.59 Å². The number of carbonyl (C=O) groups is 2. The van der Waals surface area contributed by atoms with Crippen LogP contribution in [0.4, 0.5) is 0 Å². The van der Waals surface area contributed by atoms with Crippen molar-refractivity contribution in [3.8, 4) is 0 Å². The number of rotatable bonds is 5. The summed E-state index contributed by atoms with van der Waals surface area (Å²) in [5.41, 5.74) is 0.618. The molecule has 120 valence electrons. The number of likely N-dealkylation sites (tertiary alicyclic amines) is 1. The Kier molecular flexibility index (Phi) is 5.92. The van der Waals surface area contributed by atoms with Gasteiger partial charge in [0.2, 0.25) is 5.91 Å². The van der Waals surface area contributed by atoms with Crippen molar-refractivity contribution in [3.05, 3.63) is 30.1 Å². The number of carbonyl (C=O) groups excluding carboxylic acids is 2. The van der Waals surface area contributed by atoms with Crippen LogP contribution in [0.15, 0.2) is 24.5 Å². The van der Waals surface area contributed by atoms with E-state index in [4.69, 9.17) is 0 Å². The lowest BCUT2D eigenvalue weighted by Gasteiger charge is -2.33. The topological polar surface area (TPSA) is 53.5 Å². The van der Waals surface area contributed by atoms with Crippen molar-refractivity contribution in [1.82, 2.24) is 14.8 Å². The van der Waals surface area contributed by atoms with Crippen LogP contribution in [0.3, 0.4) is 0 Å². The van der Waals surface area contributed by atoms with Gasteiger partial charge in [-0.3, -0.25) is 14.6 Å². The average Bonchev–Trinajstić information content (AvgIpc) is 2.59. The van der Waals surface area contributed by atoms with Crippen molar-refractivity contribution in [1.29, 1.82) is 0 Å². The zero-order chi connectivity index (χ0) is 15.9. The molecule has 0 unspecified atom stereocenters. The fourth-order valence-corrected chi connectivity index (χ4v) is 2.82. The van der Waals surface area contributed by atoms with Gasteiger partial charge in [0, 0.05) is 45.0 Å². The maximum atomic E-state index is 12.4. The molecule has 1 aliphatic heterocycles. The molecule has 0 bridgehead atoms. The van der Waals surface area contributed by atoms with Crippen LogP contribution in [0.25, 0.3) is 0 Å². The Bertz CT molecular complexity index is 496. The molecule has 0 N–H and O–H groups in total. The van der Waals surface area contributed by atoms with Gasteiger partial charge in [-0.05, 0) is 31.4 Å². The second kappa shape index (κ2) is 7.92. The third kappa shape index (κ3) is 4.06. The molecule has 1 fully saturated rings. The van der Waals surface area contributed by atoms with E-state index in [1.165, 1.54) is 0 Å². The Morgan fingerprint density at radius 3 is 2.68 bits per heavy atom. The predicted molar refractivity (Wildman–Crippen MR) is 85.4 cm³/mol. The normalized spacial score (nSPS) is 15.6. The monoisotopic (exact) mass is 303 g/mol. The zero-order valence-electron chi connectivity index (χ0n) is 13.5. The number of unbranched alkanes of at least 4 members (excludes halogenated alkanes) is 1. The lowest BCUT2D eigenvalue weighted by Crippen LogP contribution is -2.43. The molecule has 0 saturated carbocycles. The number of hydrogen-bond donors (Lipinski definition) is 0. The molecule has 1 aromatic rings. The largest absolute Gasteiger partial charge is 0.346 e. The summed E-state index contributed by atoms with van der Waals surface area (Å²) in [6.45, 7) is 4.24. The van der Waals surface area contributed by atoms with Gasteiger partial charge in [-0.2, -0.15) is 0 Å². The van der Waals surface area contributed by atoms with Crippen LogP contribution in [-0.4, -0.2) is 53.3 Å². The molecule has 1 aromatic heterocycles. The predicted octanol–water partition coefficient (Wildman–Crippen LogP) is 2.19. The standard InChI is InChI=1S/C17H25N3O2/c1-3-4-10-19(2)16(21)14-7-11-20(12-8-14)17(22)15-6-5-9-18-13-15/h5-6,9,13-14H,3-4,7-8,10-12H2,1-2H3. The molecule has 0 aromatic carbocycles. The van der Waals surface area contributed by atoms with E-state index in [0.29, 0.717) is 18.7 Å². The molecule has 2 amide bonds. The Hall–Kier alpha value is -1.91. The molecular weight excluding hydrogens is 278 g/mol. The van der Waals surface area contributed by atoms with Crippen molar-refractivity contribution < 1.29 is 9.59 Å². The van der Waals surface area contributed by atoms with Gasteiger partial charge in [0.1, 0.15) is 0 Å². The summed E-state index contributed by atoms with van der Waals surface area (Å²) >= 11 is 0. The van der Waals surface area contributed by atoms with E-state index in [2.05, 4.69) is 11.9 Å². The second-order valence-corrected chi connectivity index (χ2v) is 5.92. The smallest absolute Gasteiger partial charge is 0.255 e. The molecule has 0 spiro atoms. The minimum absolute atomic E-state index is 0.0123. The van der Waals surface area contributed by atoms with Gasteiger partial charge < -0.3 is 9.80 Å². The van der Waals surface area contributed by atoms with Crippen LogP contribution in [-0.2, 0) is 4.79 Å². The van der Waals surface area contributed by atoms with Gasteiger partial charge in [-0.25, -0.2) is 0 Å². The highest BCUT2D eigenvalue weighted by Crippen LogP contribution is 2.21. The third-order valence-electron chi connectivity index (χ3n) is 4.26. The van der Waals surface area contributed by atoms with Crippen molar-refractivity contribution in [2.45, 2.75) is 32.6 Å². The maximum Gasteiger partial charge on any atom is 0.255 e. The Labute approximate surface area is 132 Å². The quantitative estimate of drug-likeness (QED) is 0.838. The van der Waals surface area contributed by atoms with Gasteiger partial charge in [0.25, 0.3) is 5.91 Å². The summed E-state index contributed by atoms with van der Waals surface area (Å²) < 4.78 is 0. The van der Waals surface area contributed by atoms with E-state index >= 15 is 0 Å². The average molecular weight is 303 g/mol. The number of pyridine rings is 1. The van der Waals surface area contributed by atoms with E-state index < -0.39 is 0 Å². The maximum absolute atomic E-state index is 12.4. The van der Waals surface area contributed by atoms with Gasteiger partial charge >= 0.3 is 0 Å². The Morgan fingerprint density at radius 1 is 1.36 bits per heavy atom. The van der Waals surface area contributed by atoms with E-state index in [1.54, 1.807) is 24.5 Å². The first kappa shape index (κ1) is 16.5. The van der Waals surface area contributed by atoms with Crippen LogP contribution < -0.4 is 0 Å². The molecule has 5 nitrogen and oxygen atoms in total. The number of nitrogens with zero attached hydrogens (tertiary/aromatic N) is 3. The summed E-state index contributed by atoms with van der Waals surface area (Å²) in [5.74, 6) is 0.292. The number of aromatic nitrogens is 1. The number of hydrogen-bond acceptors (Lipinski definition) is 3. The first-order valence-electron chi connectivity index (χ1n) is 8.07. The number of amides is 2. The molecule has 22 heavy (non-hydrogen) atoms. The highest BCUT2D eigenvalue weighted by molar-refractivity contribution is 5.94. The van der Waals surface area contributed by atoms with Crippen LogP contribution in [0.2, 0.25) is 0 Å². The van der Waals surface area contributed by atoms with Crippen LogP contribution in [0.1, 0.15) is 43.0 Å². The first-order chi connectivity index (χ1) is 10.6. The van der Waals surface area contributed by atoms with Gasteiger partial charge in [-0.15, -0.1) is 0 Å². The molecule has 1 aliphatic rings. The summed E-state index contributed by atoms with van der Waals surface area (Å²) in [6, 6.07) is 3.55. The number of piperidine rings is 1. The molecule has 1 saturated heterocycles. The van der Waals surface area contributed by atoms with Crippen LogP contribution >= 0.6 is 0 Å². The highest BCUT2D eigenvalue weighted by atomic mass is 16.2. The summed E-state index contributed by atoms with van der Waals surface area (Å²) in [4.78, 5) is 32.4. The van der Waals surface area contributed by atoms with E-state index in [1.807, 2.05) is 16.8 Å². The fraction of sp³-hybridized carbons (Fsp3) is 0.588. The highest BCUT2D eigenvalue weighted by Gasteiger charge is 2.29. The van der Waals surface area contributed by atoms with Crippen molar-refractivity contribution in [2.24, 2.45) is 5.92 Å². The van der Waals surface area contributed by atoms with Crippen molar-refractivity contribution in [3.63, 3.8) is 0 Å². The fourth-order valence-electron chi connectivity index (χ4n) is 2.82. The summed E-state index contributed by atoms with van der Waals surface area (Å²) in [7, 11) is 1.88. The Morgan fingerprint density at radius 2 is 2.09 bits per heavy atom.